The summed E-state index contributed by atoms with van der Waals surface area (Å²) < 4.78 is 1.82. The third-order valence-corrected chi connectivity index (χ3v) is 5.95. The van der Waals surface area contributed by atoms with Crippen LogP contribution in [0.3, 0.4) is 0 Å². The summed E-state index contributed by atoms with van der Waals surface area (Å²) in [5.41, 5.74) is 1.35. The van der Waals surface area contributed by atoms with Gasteiger partial charge in [0.2, 0.25) is 0 Å². The highest BCUT2D eigenvalue weighted by Gasteiger charge is 2.23. The van der Waals surface area contributed by atoms with Crippen molar-refractivity contribution >= 4 is 33.3 Å². The van der Waals surface area contributed by atoms with Crippen molar-refractivity contribution < 1.29 is 0 Å². The van der Waals surface area contributed by atoms with Gasteiger partial charge in [0.05, 0.1) is 11.5 Å². The highest BCUT2D eigenvalue weighted by atomic mass is 32.2. The van der Waals surface area contributed by atoms with E-state index >= 15 is 0 Å². The minimum Gasteiger partial charge on any atom is -0.287 e. The molecule has 116 valence electrons. The van der Waals surface area contributed by atoms with Crippen molar-refractivity contribution in [2.45, 2.75) is 51.2 Å². The highest BCUT2D eigenvalue weighted by Crippen LogP contribution is 2.35. The van der Waals surface area contributed by atoms with Crippen LogP contribution in [0.15, 0.2) is 9.95 Å². The molecule has 0 atom stereocenters. The van der Waals surface area contributed by atoms with E-state index in [4.69, 9.17) is 10.2 Å². The molecule has 0 aliphatic heterocycles. The second-order valence-corrected chi connectivity index (χ2v) is 8.14. The van der Waals surface area contributed by atoms with Gasteiger partial charge in [0.15, 0.2) is 5.16 Å². The minimum absolute atomic E-state index is 0.109. The average molecular weight is 333 g/mol. The molecule has 0 saturated carbocycles. The molecule has 4 nitrogen and oxygen atoms in total. The van der Waals surface area contributed by atoms with E-state index in [2.05, 4.69) is 19.9 Å². The first-order chi connectivity index (χ1) is 10.6. The quantitative estimate of drug-likeness (QED) is 0.476. The van der Waals surface area contributed by atoms with E-state index in [0.717, 1.165) is 34.6 Å². The molecule has 3 rings (SSSR count). The normalized spacial score (nSPS) is 13.7. The fraction of sp³-hybridized carbons (Fsp3) is 0.562. The topological polar surface area (TPSA) is 58.7 Å². The molecule has 0 N–H and O–H groups in total. The van der Waals surface area contributed by atoms with Crippen LogP contribution < -0.4 is 5.56 Å². The van der Waals surface area contributed by atoms with Gasteiger partial charge in [-0.3, -0.25) is 9.36 Å². The second kappa shape index (κ2) is 6.43. The Bertz CT molecular complexity index is 798. The van der Waals surface area contributed by atoms with Gasteiger partial charge in [0, 0.05) is 23.6 Å². The van der Waals surface area contributed by atoms with Crippen LogP contribution >= 0.6 is 23.1 Å². The monoisotopic (exact) mass is 333 g/mol. The molecular weight excluding hydrogens is 314 g/mol. The van der Waals surface area contributed by atoms with Crippen LogP contribution in [0.1, 0.15) is 37.1 Å². The lowest BCUT2D eigenvalue weighted by Gasteiger charge is -2.13. The Hall–Kier alpha value is -1.32. The van der Waals surface area contributed by atoms with Crippen LogP contribution in [-0.4, -0.2) is 15.3 Å². The maximum Gasteiger partial charge on any atom is 0.263 e. The second-order valence-electron chi connectivity index (χ2n) is 6.00. The summed E-state index contributed by atoms with van der Waals surface area (Å²) in [6.07, 6.45) is 3.71. The van der Waals surface area contributed by atoms with E-state index < -0.39 is 0 Å². The number of aromatic nitrogens is 2. The minimum atomic E-state index is 0.109. The first-order valence-corrected chi connectivity index (χ1v) is 9.47. The molecule has 1 aliphatic carbocycles. The number of hydrogen-bond donors (Lipinski definition) is 0. The smallest absolute Gasteiger partial charge is 0.263 e. The fourth-order valence-electron chi connectivity index (χ4n) is 2.88. The van der Waals surface area contributed by atoms with Crippen LogP contribution in [0.5, 0.6) is 0 Å². The van der Waals surface area contributed by atoms with E-state index in [-0.39, 0.29) is 5.56 Å². The fourth-order valence-corrected chi connectivity index (χ4v) is 5.04. The van der Waals surface area contributed by atoms with Crippen LogP contribution in [0.2, 0.25) is 0 Å². The molecule has 6 heteroatoms. The average Bonchev–Trinajstić information content (AvgIpc) is 3.02. The van der Waals surface area contributed by atoms with Crippen molar-refractivity contribution in [1.29, 1.82) is 5.26 Å². The van der Waals surface area contributed by atoms with E-state index in [1.807, 2.05) is 4.57 Å². The van der Waals surface area contributed by atoms with Crippen molar-refractivity contribution in [3.8, 4) is 6.07 Å². The van der Waals surface area contributed by atoms with Gasteiger partial charge in [-0.2, -0.15) is 5.26 Å². The molecule has 0 bridgehead atoms. The first-order valence-electron chi connectivity index (χ1n) is 7.66. The number of aryl methyl sites for hydroxylation is 2. The van der Waals surface area contributed by atoms with Crippen molar-refractivity contribution in [1.82, 2.24) is 9.55 Å². The zero-order valence-corrected chi connectivity index (χ0v) is 14.5. The molecule has 2 aromatic heterocycles. The Labute approximate surface area is 138 Å². The van der Waals surface area contributed by atoms with Crippen LogP contribution in [-0.2, 0) is 19.4 Å². The number of thiophene rings is 1. The number of nitrogens with zero attached hydrogens (tertiary/aromatic N) is 3. The van der Waals surface area contributed by atoms with Crippen LogP contribution in [0, 0.1) is 17.2 Å². The van der Waals surface area contributed by atoms with Crippen LogP contribution in [0.4, 0.5) is 0 Å². The van der Waals surface area contributed by atoms with Crippen molar-refractivity contribution in [2.75, 3.05) is 5.75 Å². The molecule has 0 spiro atoms. The third-order valence-electron chi connectivity index (χ3n) is 3.78. The molecule has 0 radical (unpaired) electrons. The predicted molar refractivity (Wildman–Crippen MR) is 91.7 cm³/mol. The maximum atomic E-state index is 13.0. The molecule has 1 aliphatic rings. The van der Waals surface area contributed by atoms with Gasteiger partial charge in [0.25, 0.3) is 5.56 Å². The Balaban J connectivity index is 2.12. The van der Waals surface area contributed by atoms with E-state index in [1.54, 1.807) is 11.3 Å². The lowest BCUT2D eigenvalue weighted by molar-refractivity contribution is 0.475. The molecule has 22 heavy (non-hydrogen) atoms. The lowest BCUT2D eigenvalue weighted by atomic mass is 10.2. The highest BCUT2D eigenvalue weighted by molar-refractivity contribution is 7.99. The SMILES string of the molecule is CC(C)Cn1c(SCCC#N)nc2sc3c(c2c1=O)CCC3. The molecule has 0 unspecified atom stereocenters. The summed E-state index contributed by atoms with van der Waals surface area (Å²) >= 11 is 3.20. The molecule has 2 aromatic rings. The van der Waals surface area contributed by atoms with Gasteiger partial charge in [-0.1, -0.05) is 25.6 Å². The summed E-state index contributed by atoms with van der Waals surface area (Å²) in [4.78, 5) is 20.0. The van der Waals surface area contributed by atoms with Crippen molar-refractivity contribution in [2.24, 2.45) is 5.92 Å². The number of thioether (sulfide) groups is 1. The molecule has 0 aromatic carbocycles. The van der Waals surface area contributed by atoms with E-state index in [0.29, 0.717) is 24.6 Å². The van der Waals surface area contributed by atoms with Gasteiger partial charge < -0.3 is 0 Å². The number of hydrogen-bond acceptors (Lipinski definition) is 5. The molecular formula is C16H19N3OS2. The van der Waals surface area contributed by atoms with Gasteiger partial charge in [0.1, 0.15) is 4.83 Å². The van der Waals surface area contributed by atoms with Crippen molar-refractivity contribution in [3.63, 3.8) is 0 Å². The zero-order chi connectivity index (χ0) is 15.7. The number of nitriles is 1. The zero-order valence-electron chi connectivity index (χ0n) is 12.9. The summed E-state index contributed by atoms with van der Waals surface area (Å²) in [7, 11) is 0. The summed E-state index contributed by atoms with van der Waals surface area (Å²) in [5, 5.41) is 10.3. The van der Waals surface area contributed by atoms with Gasteiger partial charge >= 0.3 is 0 Å². The Morgan fingerprint density at radius 2 is 2.27 bits per heavy atom. The van der Waals surface area contributed by atoms with Crippen molar-refractivity contribution in [3.05, 3.63) is 20.8 Å². The Morgan fingerprint density at radius 3 is 3.00 bits per heavy atom. The summed E-state index contributed by atoms with van der Waals surface area (Å²) in [6, 6.07) is 2.15. The summed E-state index contributed by atoms with van der Waals surface area (Å²) in [6.45, 7) is 4.90. The Morgan fingerprint density at radius 1 is 1.45 bits per heavy atom. The Kier molecular flexibility index (Phi) is 4.55. The number of rotatable bonds is 5. The molecule has 0 amide bonds. The lowest BCUT2D eigenvalue weighted by Crippen LogP contribution is -2.25. The van der Waals surface area contributed by atoms with E-state index in [1.165, 1.54) is 22.2 Å². The molecule has 2 heterocycles. The molecule has 0 fully saturated rings. The largest absolute Gasteiger partial charge is 0.287 e. The summed E-state index contributed by atoms with van der Waals surface area (Å²) in [5.74, 6) is 1.07. The first kappa shape index (κ1) is 15.6. The number of fused-ring (bicyclic) bond motifs is 3. The predicted octanol–water partition coefficient (Wildman–Crippen LogP) is 3.61. The van der Waals surface area contributed by atoms with Gasteiger partial charge in [-0.25, -0.2) is 4.98 Å². The van der Waals surface area contributed by atoms with E-state index in [9.17, 15) is 4.79 Å². The van der Waals surface area contributed by atoms with Gasteiger partial charge in [-0.05, 0) is 30.7 Å². The third kappa shape index (κ3) is 2.80. The standard InChI is InChI=1S/C16H19N3OS2/c1-10(2)9-19-15(20)13-11-5-3-6-12(11)22-14(13)18-16(19)21-8-4-7-17/h10H,3-6,8-9H2,1-2H3. The van der Waals surface area contributed by atoms with Crippen LogP contribution in [0.25, 0.3) is 10.2 Å². The van der Waals surface area contributed by atoms with Gasteiger partial charge in [-0.15, -0.1) is 11.3 Å². The maximum absolute atomic E-state index is 13.0. The molecule has 0 saturated heterocycles.